The quantitative estimate of drug-likeness (QED) is 0.688. The smallest absolute Gasteiger partial charge is 0.224 e. The minimum atomic E-state index is 0.0333. The minimum Gasteiger partial charge on any atom is -0.352 e. The highest BCUT2D eigenvalue weighted by Crippen LogP contribution is 2.20. The highest BCUT2D eigenvalue weighted by Gasteiger charge is 2.09. The zero-order valence-corrected chi connectivity index (χ0v) is 17.1. The van der Waals surface area contributed by atoms with Crippen LogP contribution in [-0.4, -0.2) is 34.7 Å². The summed E-state index contributed by atoms with van der Waals surface area (Å²) < 4.78 is 1.93. The lowest BCUT2D eigenvalue weighted by Crippen LogP contribution is -2.24. The van der Waals surface area contributed by atoms with Crippen LogP contribution in [0.4, 0.5) is 0 Å². The third-order valence-electron chi connectivity index (χ3n) is 4.68. The number of carbonyl (C=O) groups excluding carboxylic acids is 1. The van der Waals surface area contributed by atoms with E-state index in [0.717, 1.165) is 28.9 Å². The average molecular weight is 377 g/mol. The van der Waals surface area contributed by atoms with Gasteiger partial charge < -0.3 is 10.2 Å². The molecule has 5 heteroatoms. The molecule has 146 valence electrons. The Balaban J connectivity index is 1.57. The van der Waals surface area contributed by atoms with Crippen molar-refractivity contribution in [2.45, 2.75) is 26.4 Å². The molecule has 0 radical (unpaired) electrons. The van der Waals surface area contributed by atoms with Gasteiger partial charge in [-0.2, -0.15) is 5.10 Å². The zero-order valence-electron chi connectivity index (χ0n) is 17.1. The fourth-order valence-electron chi connectivity index (χ4n) is 3.07. The molecule has 1 heterocycles. The predicted molar refractivity (Wildman–Crippen MR) is 113 cm³/mol. The topological polar surface area (TPSA) is 50.2 Å². The van der Waals surface area contributed by atoms with Gasteiger partial charge in [-0.05, 0) is 38.2 Å². The molecule has 3 aromatic rings. The van der Waals surface area contributed by atoms with Crippen molar-refractivity contribution in [3.63, 3.8) is 0 Å². The second-order valence-corrected chi connectivity index (χ2v) is 7.52. The third kappa shape index (κ3) is 5.30. The molecular formula is C23H28N4O. The molecular weight excluding hydrogens is 348 g/mol. The van der Waals surface area contributed by atoms with Crippen molar-refractivity contribution in [3.05, 3.63) is 77.0 Å². The van der Waals surface area contributed by atoms with Crippen LogP contribution in [0.5, 0.6) is 0 Å². The van der Waals surface area contributed by atoms with Gasteiger partial charge in [0.2, 0.25) is 5.91 Å². The molecule has 0 aliphatic heterocycles. The van der Waals surface area contributed by atoms with Crippen molar-refractivity contribution in [1.29, 1.82) is 0 Å². The molecule has 0 bridgehead atoms. The number of hydrogen-bond acceptors (Lipinski definition) is 3. The van der Waals surface area contributed by atoms with Gasteiger partial charge in [0.15, 0.2) is 0 Å². The Morgan fingerprint density at radius 2 is 1.68 bits per heavy atom. The largest absolute Gasteiger partial charge is 0.352 e. The van der Waals surface area contributed by atoms with Crippen molar-refractivity contribution in [1.82, 2.24) is 20.0 Å². The van der Waals surface area contributed by atoms with Crippen LogP contribution in [-0.2, 0) is 31.4 Å². The molecule has 3 rings (SSSR count). The summed E-state index contributed by atoms with van der Waals surface area (Å²) >= 11 is 0. The van der Waals surface area contributed by atoms with Gasteiger partial charge in [0.05, 0.1) is 17.8 Å². The van der Waals surface area contributed by atoms with E-state index in [0.29, 0.717) is 13.0 Å². The lowest BCUT2D eigenvalue weighted by molar-refractivity contribution is -0.120. The van der Waals surface area contributed by atoms with E-state index < -0.39 is 0 Å². The predicted octanol–water partition coefficient (Wildman–Crippen LogP) is 3.32. The number of benzene rings is 2. The molecule has 0 unspecified atom stereocenters. The second-order valence-electron chi connectivity index (χ2n) is 7.52. The lowest BCUT2D eigenvalue weighted by Gasteiger charge is -2.08. The van der Waals surface area contributed by atoms with Gasteiger partial charge >= 0.3 is 0 Å². The van der Waals surface area contributed by atoms with E-state index in [-0.39, 0.29) is 5.91 Å². The van der Waals surface area contributed by atoms with Gasteiger partial charge in [-0.15, -0.1) is 0 Å². The summed E-state index contributed by atoms with van der Waals surface area (Å²) in [5.41, 5.74) is 6.52. The maximum Gasteiger partial charge on any atom is 0.224 e. The average Bonchev–Trinajstić information content (AvgIpc) is 3.02. The van der Waals surface area contributed by atoms with E-state index in [1.54, 1.807) is 0 Å². The van der Waals surface area contributed by atoms with Crippen LogP contribution in [0.15, 0.2) is 54.6 Å². The summed E-state index contributed by atoms with van der Waals surface area (Å²) in [6.45, 7) is 3.43. The Hall–Kier alpha value is -2.92. The van der Waals surface area contributed by atoms with E-state index in [9.17, 15) is 4.79 Å². The molecule has 0 atom stereocenters. The van der Waals surface area contributed by atoms with Gasteiger partial charge in [-0.3, -0.25) is 9.48 Å². The standard InChI is InChI=1S/C23H28N4O/c1-17-5-7-18(8-6-17)13-23(28)24-15-19-9-11-20(12-10-19)22-14-21(16-26(2)3)27(4)25-22/h5-12,14H,13,15-16H2,1-4H3,(H,24,28). The van der Waals surface area contributed by atoms with Crippen LogP contribution in [0.2, 0.25) is 0 Å². The van der Waals surface area contributed by atoms with Crippen molar-refractivity contribution >= 4 is 5.91 Å². The zero-order chi connectivity index (χ0) is 20.1. The molecule has 0 aliphatic rings. The molecule has 0 fully saturated rings. The highest BCUT2D eigenvalue weighted by atomic mass is 16.1. The lowest BCUT2D eigenvalue weighted by atomic mass is 10.1. The molecule has 0 saturated carbocycles. The fraction of sp³-hybridized carbons (Fsp3) is 0.304. The molecule has 2 aromatic carbocycles. The van der Waals surface area contributed by atoms with Crippen molar-refractivity contribution in [2.75, 3.05) is 14.1 Å². The van der Waals surface area contributed by atoms with Crippen LogP contribution in [0.3, 0.4) is 0 Å². The maximum atomic E-state index is 12.2. The van der Waals surface area contributed by atoms with E-state index >= 15 is 0 Å². The molecule has 0 aliphatic carbocycles. The van der Waals surface area contributed by atoms with Crippen molar-refractivity contribution in [2.24, 2.45) is 7.05 Å². The van der Waals surface area contributed by atoms with Gasteiger partial charge in [-0.25, -0.2) is 0 Å². The second kappa shape index (κ2) is 8.85. The SMILES string of the molecule is Cc1ccc(CC(=O)NCc2ccc(-c3cc(CN(C)C)n(C)n3)cc2)cc1. The van der Waals surface area contributed by atoms with Crippen LogP contribution < -0.4 is 5.32 Å². The first-order valence-electron chi connectivity index (χ1n) is 9.50. The van der Waals surface area contributed by atoms with Crippen molar-refractivity contribution < 1.29 is 4.79 Å². The first-order chi connectivity index (χ1) is 13.4. The summed E-state index contributed by atoms with van der Waals surface area (Å²) in [5, 5.41) is 7.60. The van der Waals surface area contributed by atoms with Crippen LogP contribution in [0, 0.1) is 6.92 Å². The van der Waals surface area contributed by atoms with E-state index in [1.165, 1.54) is 11.3 Å². The summed E-state index contributed by atoms with van der Waals surface area (Å²) in [5.74, 6) is 0.0333. The summed E-state index contributed by atoms with van der Waals surface area (Å²) in [6, 6.07) is 18.4. The summed E-state index contributed by atoms with van der Waals surface area (Å²) in [7, 11) is 6.07. The molecule has 5 nitrogen and oxygen atoms in total. The maximum absolute atomic E-state index is 12.2. The first-order valence-corrected chi connectivity index (χ1v) is 9.50. The molecule has 1 N–H and O–H groups in total. The summed E-state index contributed by atoms with van der Waals surface area (Å²) in [4.78, 5) is 14.3. The number of aromatic nitrogens is 2. The van der Waals surface area contributed by atoms with Crippen LogP contribution >= 0.6 is 0 Å². The van der Waals surface area contributed by atoms with E-state index in [2.05, 4.69) is 47.6 Å². The molecule has 0 saturated heterocycles. The Bertz CT molecular complexity index is 924. The summed E-state index contributed by atoms with van der Waals surface area (Å²) in [6.07, 6.45) is 0.404. The van der Waals surface area contributed by atoms with Gasteiger partial charge in [0.1, 0.15) is 0 Å². The highest BCUT2D eigenvalue weighted by molar-refractivity contribution is 5.78. The van der Waals surface area contributed by atoms with E-state index in [4.69, 9.17) is 0 Å². The number of aryl methyl sites for hydroxylation is 2. The van der Waals surface area contributed by atoms with Gasteiger partial charge in [0, 0.05) is 25.7 Å². The molecule has 28 heavy (non-hydrogen) atoms. The van der Waals surface area contributed by atoms with E-state index in [1.807, 2.05) is 55.1 Å². The number of rotatable bonds is 7. The van der Waals surface area contributed by atoms with Crippen molar-refractivity contribution in [3.8, 4) is 11.3 Å². The van der Waals surface area contributed by atoms with Gasteiger partial charge in [0.25, 0.3) is 0 Å². The Morgan fingerprint density at radius 1 is 1.04 bits per heavy atom. The van der Waals surface area contributed by atoms with Gasteiger partial charge in [-0.1, -0.05) is 54.1 Å². The number of amides is 1. The Labute approximate surface area is 167 Å². The number of nitrogens with one attached hydrogen (secondary N) is 1. The van der Waals surface area contributed by atoms with Crippen LogP contribution in [0.1, 0.15) is 22.4 Å². The minimum absolute atomic E-state index is 0.0333. The molecule has 0 spiro atoms. The molecule has 1 amide bonds. The normalized spacial score (nSPS) is 11.0. The molecule has 1 aromatic heterocycles. The third-order valence-corrected chi connectivity index (χ3v) is 4.68. The number of hydrogen-bond donors (Lipinski definition) is 1. The Kier molecular flexibility index (Phi) is 6.26. The monoisotopic (exact) mass is 376 g/mol. The first kappa shape index (κ1) is 19.8. The number of nitrogens with zero attached hydrogens (tertiary/aromatic N) is 3. The van der Waals surface area contributed by atoms with Crippen LogP contribution in [0.25, 0.3) is 11.3 Å². The fourth-order valence-corrected chi connectivity index (χ4v) is 3.07. The number of carbonyl (C=O) groups is 1. The Morgan fingerprint density at radius 3 is 2.32 bits per heavy atom.